The second-order valence-electron chi connectivity index (χ2n) is 4.97. The summed E-state index contributed by atoms with van der Waals surface area (Å²) >= 11 is 0. The van der Waals surface area contributed by atoms with E-state index in [2.05, 4.69) is 5.32 Å². The molecule has 2 rings (SSSR count). The normalized spacial score (nSPS) is 24.1. The van der Waals surface area contributed by atoms with Crippen molar-refractivity contribution in [2.75, 3.05) is 19.3 Å². The number of aliphatic carboxylic acids is 1. The van der Waals surface area contributed by atoms with Crippen molar-refractivity contribution in [3.05, 3.63) is 29.8 Å². The average molecular weight is 283 g/mol. The van der Waals surface area contributed by atoms with Crippen LogP contribution >= 0.6 is 0 Å². The second kappa shape index (κ2) is 5.30. The molecule has 0 aromatic heterocycles. The van der Waals surface area contributed by atoms with Crippen molar-refractivity contribution in [1.29, 1.82) is 0 Å². The fourth-order valence-corrected chi connectivity index (χ4v) is 3.00. The van der Waals surface area contributed by atoms with E-state index in [1.165, 1.54) is 6.26 Å². The molecule has 1 aromatic carbocycles. The molecule has 0 amide bonds. The summed E-state index contributed by atoms with van der Waals surface area (Å²) in [4.78, 5) is 11.3. The lowest BCUT2D eigenvalue weighted by Gasteiger charge is -2.28. The minimum atomic E-state index is -3.18. The second-order valence-corrected chi connectivity index (χ2v) is 6.98. The molecule has 1 heterocycles. The van der Waals surface area contributed by atoms with E-state index < -0.39 is 15.8 Å². The van der Waals surface area contributed by atoms with Gasteiger partial charge in [0.2, 0.25) is 0 Å². The van der Waals surface area contributed by atoms with Crippen LogP contribution in [-0.4, -0.2) is 38.8 Å². The topological polar surface area (TPSA) is 83.5 Å². The Bertz CT molecular complexity index is 565. The maximum atomic E-state index is 11.4. The van der Waals surface area contributed by atoms with Gasteiger partial charge in [0.05, 0.1) is 10.8 Å². The maximum Gasteiger partial charge on any atom is 0.307 e. The van der Waals surface area contributed by atoms with Gasteiger partial charge in [-0.3, -0.25) is 4.79 Å². The van der Waals surface area contributed by atoms with Gasteiger partial charge in [0.1, 0.15) is 0 Å². The summed E-state index contributed by atoms with van der Waals surface area (Å²) in [6.45, 7) is 1.22. The van der Waals surface area contributed by atoms with Crippen LogP contribution in [0.5, 0.6) is 0 Å². The van der Waals surface area contributed by atoms with E-state index in [9.17, 15) is 13.2 Å². The zero-order chi connectivity index (χ0) is 14.0. The summed E-state index contributed by atoms with van der Waals surface area (Å²) in [7, 11) is -3.18. The van der Waals surface area contributed by atoms with Crippen molar-refractivity contribution in [2.45, 2.75) is 17.2 Å². The van der Waals surface area contributed by atoms with Crippen molar-refractivity contribution < 1.29 is 18.3 Å². The van der Waals surface area contributed by atoms with Gasteiger partial charge >= 0.3 is 5.97 Å². The highest BCUT2D eigenvalue weighted by molar-refractivity contribution is 7.90. The summed E-state index contributed by atoms with van der Waals surface area (Å²) in [5.41, 5.74) is 0.978. The largest absolute Gasteiger partial charge is 0.481 e. The molecule has 0 spiro atoms. The summed E-state index contributed by atoms with van der Waals surface area (Å²) in [6.07, 6.45) is 1.76. The van der Waals surface area contributed by atoms with Crippen LogP contribution in [0.4, 0.5) is 0 Å². The maximum absolute atomic E-state index is 11.4. The number of hydrogen-bond acceptors (Lipinski definition) is 4. The monoisotopic (exact) mass is 283 g/mol. The number of carbonyl (C=O) groups is 1. The Morgan fingerprint density at radius 2 is 1.89 bits per heavy atom. The molecule has 1 fully saturated rings. The third kappa shape index (κ3) is 3.33. The third-order valence-corrected chi connectivity index (χ3v) is 4.61. The first kappa shape index (κ1) is 14.0. The van der Waals surface area contributed by atoms with Crippen LogP contribution in [0.15, 0.2) is 29.2 Å². The fourth-order valence-electron chi connectivity index (χ4n) is 2.37. The first-order valence-corrected chi connectivity index (χ1v) is 8.00. The van der Waals surface area contributed by atoms with Crippen LogP contribution < -0.4 is 5.32 Å². The van der Waals surface area contributed by atoms with Crippen LogP contribution in [0.25, 0.3) is 0 Å². The van der Waals surface area contributed by atoms with E-state index in [0.29, 0.717) is 13.0 Å². The number of benzene rings is 1. The van der Waals surface area contributed by atoms with Crippen LogP contribution in [0.1, 0.15) is 17.9 Å². The smallest absolute Gasteiger partial charge is 0.307 e. The van der Waals surface area contributed by atoms with E-state index in [0.717, 1.165) is 12.1 Å². The minimum Gasteiger partial charge on any atom is -0.481 e. The predicted molar refractivity (Wildman–Crippen MR) is 70.9 cm³/mol. The molecule has 0 bridgehead atoms. The van der Waals surface area contributed by atoms with Gasteiger partial charge in [-0.25, -0.2) is 8.42 Å². The third-order valence-electron chi connectivity index (χ3n) is 3.48. The molecule has 1 saturated heterocycles. The van der Waals surface area contributed by atoms with Crippen molar-refractivity contribution >= 4 is 15.8 Å². The highest BCUT2D eigenvalue weighted by Crippen LogP contribution is 2.27. The van der Waals surface area contributed by atoms with Gasteiger partial charge in [-0.05, 0) is 30.0 Å². The standard InChI is InChI=1S/C13H17NO4S/c1-19(17,18)12-4-2-9(3-5-12)10-6-11(13(15)16)8-14-7-10/h2-5,10-11,14H,6-8H2,1H3,(H,15,16). The lowest BCUT2D eigenvalue weighted by atomic mass is 9.86. The molecule has 0 saturated carbocycles. The highest BCUT2D eigenvalue weighted by Gasteiger charge is 2.27. The molecule has 2 unspecified atom stereocenters. The van der Waals surface area contributed by atoms with E-state index in [1.807, 2.05) is 0 Å². The zero-order valence-corrected chi connectivity index (χ0v) is 11.5. The van der Waals surface area contributed by atoms with Crippen molar-refractivity contribution in [1.82, 2.24) is 5.32 Å². The number of carboxylic acids is 1. The van der Waals surface area contributed by atoms with Gasteiger partial charge in [0, 0.05) is 19.3 Å². The molecule has 2 N–H and O–H groups in total. The van der Waals surface area contributed by atoms with Crippen LogP contribution in [0.3, 0.4) is 0 Å². The zero-order valence-electron chi connectivity index (χ0n) is 10.7. The Balaban J connectivity index is 2.16. The fraction of sp³-hybridized carbons (Fsp3) is 0.462. The number of carboxylic acid groups (broad SMARTS) is 1. The molecule has 6 heteroatoms. The quantitative estimate of drug-likeness (QED) is 0.860. The molecule has 1 aromatic rings. The van der Waals surface area contributed by atoms with Crippen molar-refractivity contribution in [3.63, 3.8) is 0 Å². The number of nitrogens with one attached hydrogen (secondary N) is 1. The SMILES string of the molecule is CS(=O)(=O)c1ccc(C2CNCC(C(=O)O)C2)cc1. The summed E-state index contributed by atoms with van der Waals surface area (Å²) in [5, 5.41) is 12.1. The Morgan fingerprint density at radius 3 is 2.42 bits per heavy atom. The van der Waals surface area contributed by atoms with E-state index in [4.69, 9.17) is 5.11 Å². The summed E-state index contributed by atoms with van der Waals surface area (Å²) in [5.74, 6) is -1.05. The van der Waals surface area contributed by atoms with Gasteiger partial charge in [-0.15, -0.1) is 0 Å². The van der Waals surface area contributed by atoms with E-state index >= 15 is 0 Å². The molecule has 1 aliphatic rings. The molecule has 104 valence electrons. The van der Waals surface area contributed by atoms with Gasteiger partial charge in [-0.2, -0.15) is 0 Å². The first-order valence-electron chi connectivity index (χ1n) is 6.11. The average Bonchev–Trinajstić information content (AvgIpc) is 2.38. The minimum absolute atomic E-state index is 0.114. The van der Waals surface area contributed by atoms with Crippen LogP contribution in [0.2, 0.25) is 0 Å². The molecule has 19 heavy (non-hydrogen) atoms. The van der Waals surface area contributed by atoms with Crippen LogP contribution in [-0.2, 0) is 14.6 Å². The van der Waals surface area contributed by atoms with Crippen molar-refractivity contribution in [2.24, 2.45) is 5.92 Å². The lowest BCUT2D eigenvalue weighted by molar-refractivity contribution is -0.142. The molecule has 1 aliphatic heterocycles. The van der Waals surface area contributed by atoms with Crippen LogP contribution in [0, 0.1) is 5.92 Å². The molecular formula is C13H17NO4S. The predicted octanol–water partition coefficient (Wildman–Crippen LogP) is 0.868. The van der Waals surface area contributed by atoms with Gasteiger partial charge in [0.15, 0.2) is 9.84 Å². The summed E-state index contributed by atoms with van der Waals surface area (Å²) in [6, 6.07) is 6.70. The first-order chi connectivity index (χ1) is 8.88. The number of sulfone groups is 1. The summed E-state index contributed by atoms with van der Waals surface area (Å²) < 4.78 is 22.7. The highest BCUT2D eigenvalue weighted by atomic mass is 32.2. The van der Waals surface area contributed by atoms with E-state index in [-0.39, 0.29) is 16.7 Å². The molecule has 2 atom stereocenters. The Kier molecular flexibility index (Phi) is 3.91. The molecule has 0 radical (unpaired) electrons. The Morgan fingerprint density at radius 1 is 1.26 bits per heavy atom. The lowest BCUT2D eigenvalue weighted by Crippen LogP contribution is -2.38. The van der Waals surface area contributed by atoms with Crippen molar-refractivity contribution in [3.8, 4) is 0 Å². The number of piperidine rings is 1. The van der Waals surface area contributed by atoms with E-state index in [1.54, 1.807) is 24.3 Å². The number of rotatable bonds is 3. The molecule has 0 aliphatic carbocycles. The van der Waals surface area contributed by atoms with Gasteiger partial charge < -0.3 is 10.4 Å². The molecule has 5 nitrogen and oxygen atoms in total. The number of hydrogen-bond donors (Lipinski definition) is 2. The molecular weight excluding hydrogens is 266 g/mol. The van der Waals surface area contributed by atoms with Gasteiger partial charge in [-0.1, -0.05) is 12.1 Å². The Labute approximate surface area is 112 Å². The van der Waals surface area contributed by atoms with Gasteiger partial charge in [0.25, 0.3) is 0 Å². The Hall–Kier alpha value is -1.40.